The standard InChI is InChI=1S/C16H26N2O5/c1-17(2)7-9-21-15(19)13-11-5-6-12(23-11)14(13)16(20)22-10-8-18(3)4/h5-6,11-14H,7-10H2,1-4H3/t11?,12?,13-,14+. The van der Waals surface area contributed by atoms with E-state index in [1.165, 1.54) is 0 Å². The molecule has 2 rings (SSSR count). The maximum Gasteiger partial charge on any atom is 0.312 e. The Kier molecular flexibility index (Phi) is 6.15. The van der Waals surface area contributed by atoms with Crippen LogP contribution in [0.2, 0.25) is 0 Å². The predicted molar refractivity (Wildman–Crippen MR) is 83.8 cm³/mol. The van der Waals surface area contributed by atoms with Crippen LogP contribution >= 0.6 is 0 Å². The van der Waals surface area contributed by atoms with E-state index in [0.717, 1.165) is 0 Å². The highest BCUT2D eigenvalue weighted by Gasteiger charge is 2.54. The van der Waals surface area contributed by atoms with Gasteiger partial charge in [-0.3, -0.25) is 9.59 Å². The molecule has 2 unspecified atom stereocenters. The molecule has 0 spiro atoms. The van der Waals surface area contributed by atoms with Crippen LogP contribution in [0.1, 0.15) is 0 Å². The molecule has 130 valence electrons. The molecule has 0 N–H and O–H groups in total. The zero-order chi connectivity index (χ0) is 17.0. The van der Waals surface area contributed by atoms with Gasteiger partial charge < -0.3 is 24.0 Å². The van der Waals surface area contributed by atoms with Gasteiger partial charge in [0, 0.05) is 13.1 Å². The summed E-state index contributed by atoms with van der Waals surface area (Å²) in [5.41, 5.74) is 0. The van der Waals surface area contributed by atoms with Crippen molar-refractivity contribution in [3.63, 3.8) is 0 Å². The summed E-state index contributed by atoms with van der Waals surface area (Å²) < 4.78 is 16.3. The van der Waals surface area contributed by atoms with E-state index in [0.29, 0.717) is 26.3 Å². The second-order valence-electron chi connectivity index (χ2n) is 6.44. The van der Waals surface area contributed by atoms with Crippen LogP contribution in [0.4, 0.5) is 0 Å². The van der Waals surface area contributed by atoms with Crippen LogP contribution in [0, 0.1) is 11.8 Å². The third kappa shape index (κ3) is 4.53. The van der Waals surface area contributed by atoms with Gasteiger partial charge in [0.2, 0.25) is 0 Å². The predicted octanol–water partition coefficient (Wildman–Crippen LogP) is -0.234. The van der Waals surface area contributed by atoms with Gasteiger partial charge in [-0.2, -0.15) is 0 Å². The summed E-state index contributed by atoms with van der Waals surface area (Å²) in [5.74, 6) is -2.01. The number of esters is 2. The van der Waals surface area contributed by atoms with Crippen molar-refractivity contribution in [3.05, 3.63) is 12.2 Å². The molecule has 0 aliphatic carbocycles. The number of nitrogens with zero attached hydrogens (tertiary/aromatic N) is 2. The van der Waals surface area contributed by atoms with Crippen LogP contribution in [0.25, 0.3) is 0 Å². The second kappa shape index (κ2) is 7.90. The quantitative estimate of drug-likeness (QED) is 0.451. The fourth-order valence-corrected chi connectivity index (χ4v) is 2.72. The van der Waals surface area contributed by atoms with Crippen molar-refractivity contribution in [3.8, 4) is 0 Å². The highest BCUT2D eigenvalue weighted by molar-refractivity contribution is 5.85. The first-order valence-electron chi connectivity index (χ1n) is 7.86. The van der Waals surface area contributed by atoms with Gasteiger partial charge in [-0.1, -0.05) is 12.2 Å². The summed E-state index contributed by atoms with van der Waals surface area (Å²) in [5, 5.41) is 0. The molecule has 2 aliphatic heterocycles. The number of carbonyl (C=O) groups excluding carboxylic acids is 2. The maximum absolute atomic E-state index is 12.3. The molecule has 1 fully saturated rings. The Hall–Kier alpha value is -1.44. The van der Waals surface area contributed by atoms with Crippen LogP contribution in [-0.4, -0.2) is 88.4 Å². The van der Waals surface area contributed by atoms with E-state index in [1.54, 1.807) is 0 Å². The Labute approximate surface area is 137 Å². The number of fused-ring (bicyclic) bond motifs is 2. The van der Waals surface area contributed by atoms with Gasteiger partial charge in [0.25, 0.3) is 0 Å². The number of hydrogen-bond donors (Lipinski definition) is 0. The number of rotatable bonds is 8. The van der Waals surface area contributed by atoms with Crippen molar-refractivity contribution in [1.29, 1.82) is 0 Å². The largest absolute Gasteiger partial charge is 0.464 e. The SMILES string of the molecule is CN(C)CCOC(=O)[C@@H]1C2C=CC(O2)[C@@H]1C(=O)OCCN(C)C. The lowest BCUT2D eigenvalue weighted by Gasteiger charge is -2.23. The topological polar surface area (TPSA) is 68.3 Å². The number of ether oxygens (including phenoxy) is 3. The molecule has 7 heteroatoms. The molecule has 4 atom stereocenters. The summed E-state index contributed by atoms with van der Waals surface area (Å²) in [6, 6.07) is 0. The van der Waals surface area contributed by atoms with E-state index in [-0.39, 0.29) is 0 Å². The van der Waals surface area contributed by atoms with Gasteiger partial charge in [0.05, 0.1) is 12.2 Å². The normalized spacial score (nSPS) is 28.6. The molecule has 23 heavy (non-hydrogen) atoms. The zero-order valence-electron chi connectivity index (χ0n) is 14.2. The first-order valence-corrected chi connectivity index (χ1v) is 7.86. The molecule has 2 aliphatic rings. The highest BCUT2D eigenvalue weighted by atomic mass is 16.6. The van der Waals surface area contributed by atoms with Crippen molar-refractivity contribution in [1.82, 2.24) is 9.80 Å². The van der Waals surface area contributed by atoms with Crippen molar-refractivity contribution in [2.45, 2.75) is 12.2 Å². The first-order chi connectivity index (χ1) is 10.9. The molecular formula is C16H26N2O5. The van der Waals surface area contributed by atoms with E-state index >= 15 is 0 Å². The Morgan fingerprint density at radius 3 is 1.61 bits per heavy atom. The van der Waals surface area contributed by atoms with E-state index in [2.05, 4.69) is 0 Å². The summed E-state index contributed by atoms with van der Waals surface area (Å²) in [6.07, 6.45) is 2.87. The molecule has 2 heterocycles. The van der Waals surface area contributed by atoms with Crippen LogP contribution in [0.15, 0.2) is 12.2 Å². The Morgan fingerprint density at radius 1 is 0.870 bits per heavy atom. The molecule has 0 radical (unpaired) electrons. The minimum absolute atomic E-state index is 0.297. The van der Waals surface area contributed by atoms with Gasteiger partial charge in [-0.05, 0) is 28.2 Å². The highest BCUT2D eigenvalue weighted by Crippen LogP contribution is 2.40. The van der Waals surface area contributed by atoms with E-state index in [1.807, 2.05) is 50.1 Å². The lowest BCUT2D eigenvalue weighted by molar-refractivity contribution is -0.160. The lowest BCUT2D eigenvalue weighted by atomic mass is 9.83. The second-order valence-corrected chi connectivity index (χ2v) is 6.44. The smallest absolute Gasteiger partial charge is 0.312 e. The molecule has 1 saturated heterocycles. The molecule has 0 aromatic heterocycles. The monoisotopic (exact) mass is 326 g/mol. The fourth-order valence-electron chi connectivity index (χ4n) is 2.72. The average Bonchev–Trinajstić information content (AvgIpc) is 3.06. The van der Waals surface area contributed by atoms with Crippen molar-refractivity contribution in [2.75, 3.05) is 54.5 Å². The zero-order valence-corrected chi connectivity index (χ0v) is 14.2. The van der Waals surface area contributed by atoms with Gasteiger partial charge in [0.15, 0.2) is 0 Å². The Balaban J connectivity index is 1.92. The minimum atomic E-state index is -0.612. The third-order valence-electron chi connectivity index (χ3n) is 4.01. The molecule has 7 nitrogen and oxygen atoms in total. The third-order valence-corrected chi connectivity index (χ3v) is 4.01. The van der Waals surface area contributed by atoms with Crippen molar-refractivity contribution in [2.24, 2.45) is 11.8 Å². The van der Waals surface area contributed by atoms with Crippen LogP contribution in [-0.2, 0) is 23.8 Å². The number of carbonyl (C=O) groups is 2. The van der Waals surface area contributed by atoms with Gasteiger partial charge in [0.1, 0.15) is 25.0 Å². The van der Waals surface area contributed by atoms with Crippen molar-refractivity contribution >= 4 is 11.9 Å². The molecule has 2 bridgehead atoms. The van der Waals surface area contributed by atoms with Crippen molar-refractivity contribution < 1.29 is 23.8 Å². The molecule has 0 saturated carbocycles. The first kappa shape index (κ1) is 17.9. The van der Waals surface area contributed by atoms with Gasteiger partial charge in [-0.25, -0.2) is 0 Å². The Morgan fingerprint density at radius 2 is 1.26 bits per heavy atom. The summed E-state index contributed by atoms with van der Waals surface area (Å²) >= 11 is 0. The van der Waals surface area contributed by atoms with Gasteiger partial charge >= 0.3 is 11.9 Å². The van der Waals surface area contributed by atoms with E-state index in [4.69, 9.17) is 14.2 Å². The number of hydrogen-bond acceptors (Lipinski definition) is 7. The maximum atomic E-state index is 12.3. The molecule has 0 aromatic rings. The van der Waals surface area contributed by atoms with Crippen LogP contribution in [0.3, 0.4) is 0 Å². The van der Waals surface area contributed by atoms with Gasteiger partial charge in [-0.15, -0.1) is 0 Å². The average molecular weight is 326 g/mol. The summed E-state index contributed by atoms with van der Waals surface area (Å²) in [6.45, 7) is 1.88. The minimum Gasteiger partial charge on any atom is -0.464 e. The molecule has 0 aromatic carbocycles. The van der Waals surface area contributed by atoms with E-state index in [9.17, 15) is 9.59 Å². The summed E-state index contributed by atoms with van der Waals surface area (Å²) in [7, 11) is 7.62. The molecular weight excluding hydrogens is 300 g/mol. The lowest BCUT2D eigenvalue weighted by Crippen LogP contribution is -2.39. The Bertz CT molecular complexity index is 423. The molecule has 0 amide bonds. The fraction of sp³-hybridized carbons (Fsp3) is 0.750. The van der Waals surface area contributed by atoms with E-state index < -0.39 is 36.0 Å². The van der Waals surface area contributed by atoms with Crippen LogP contribution in [0.5, 0.6) is 0 Å². The van der Waals surface area contributed by atoms with Crippen LogP contribution < -0.4 is 0 Å². The number of likely N-dealkylation sites (N-methyl/N-ethyl adjacent to an activating group) is 2. The summed E-state index contributed by atoms with van der Waals surface area (Å²) in [4.78, 5) is 28.5.